The number of alkyl halides is 2. The second-order valence-corrected chi connectivity index (χ2v) is 3.66. The lowest BCUT2D eigenvalue weighted by Crippen LogP contribution is -2.28. The topological polar surface area (TPSA) is 26.3 Å². The van der Waals surface area contributed by atoms with E-state index in [-0.39, 0.29) is 6.61 Å². The number of benzene rings is 1. The van der Waals surface area contributed by atoms with Crippen LogP contribution in [-0.2, 0) is 9.53 Å². The number of carbonyl (C=O) groups is 1. The maximum atomic E-state index is 13.2. The number of esters is 1. The van der Waals surface area contributed by atoms with E-state index in [1.807, 2.05) is 0 Å². The number of hydrogen-bond donors (Lipinski definition) is 0. The van der Waals surface area contributed by atoms with Crippen LogP contribution in [0.4, 0.5) is 8.78 Å². The molecule has 0 aliphatic heterocycles. The maximum Gasteiger partial charge on any atom is 0.381 e. The zero-order chi connectivity index (χ0) is 12.9. The average molecular weight is 261 g/mol. The van der Waals surface area contributed by atoms with Crippen LogP contribution < -0.4 is 0 Å². The number of hydrogen-bond acceptors (Lipinski definition) is 2. The summed E-state index contributed by atoms with van der Waals surface area (Å²) in [4.78, 5) is 10.9. The van der Waals surface area contributed by atoms with Gasteiger partial charge in [0.15, 0.2) is 0 Å². The third kappa shape index (κ3) is 4.15. The molecule has 0 saturated heterocycles. The largest absolute Gasteiger partial charge is 0.461 e. The van der Waals surface area contributed by atoms with E-state index in [4.69, 9.17) is 11.6 Å². The van der Waals surface area contributed by atoms with Crippen LogP contribution in [0.15, 0.2) is 30.3 Å². The fraction of sp³-hybridized carbons (Fsp3) is 0.250. The molecule has 17 heavy (non-hydrogen) atoms. The van der Waals surface area contributed by atoms with E-state index in [1.165, 1.54) is 6.92 Å². The molecular formula is C12H11ClF2O2. The summed E-state index contributed by atoms with van der Waals surface area (Å²) in [5, 5.41) is 0.513. The molecule has 1 aromatic rings. The van der Waals surface area contributed by atoms with Crippen LogP contribution in [0.3, 0.4) is 0 Å². The molecule has 5 heteroatoms. The molecule has 2 nitrogen and oxygen atoms in total. The van der Waals surface area contributed by atoms with E-state index in [0.29, 0.717) is 16.7 Å². The molecule has 0 atom stereocenters. The Morgan fingerprint density at radius 1 is 1.41 bits per heavy atom. The maximum absolute atomic E-state index is 13.2. The van der Waals surface area contributed by atoms with Gasteiger partial charge < -0.3 is 4.74 Å². The van der Waals surface area contributed by atoms with Gasteiger partial charge in [0.05, 0.1) is 6.61 Å². The van der Waals surface area contributed by atoms with Crippen LogP contribution in [0.25, 0.3) is 6.08 Å². The number of carbonyl (C=O) groups excluding carboxylic acids is 1. The molecular weight excluding hydrogens is 250 g/mol. The first kappa shape index (κ1) is 13.6. The lowest BCUT2D eigenvalue weighted by Gasteiger charge is -2.09. The van der Waals surface area contributed by atoms with Gasteiger partial charge in [0.2, 0.25) is 0 Å². The van der Waals surface area contributed by atoms with Crippen molar-refractivity contribution >= 4 is 23.6 Å². The van der Waals surface area contributed by atoms with Gasteiger partial charge in [-0.1, -0.05) is 29.8 Å². The van der Waals surface area contributed by atoms with Crippen molar-refractivity contribution in [3.63, 3.8) is 0 Å². The van der Waals surface area contributed by atoms with Gasteiger partial charge in [0, 0.05) is 5.02 Å². The molecule has 0 aromatic heterocycles. The first-order valence-electron chi connectivity index (χ1n) is 4.95. The Bertz CT molecular complexity index is 413. The summed E-state index contributed by atoms with van der Waals surface area (Å²) in [6.45, 7) is 1.39. The highest BCUT2D eigenvalue weighted by Gasteiger charge is 2.37. The van der Waals surface area contributed by atoms with Gasteiger partial charge >= 0.3 is 11.9 Å². The Morgan fingerprint density at radius 2 is 2.00 bits per heavy atom. The molecule has 0 N–H and O–H groups in total. The first-order valence-corrected chi connectivity index (χ1v) is 5.33. The Kier molecular flexibility index (Phi) is 4.63. The molecule has 0 heterocycles. The Balaban J connectivity index is 2.75. The van der Waals surface area contributed by atoms with Crippen LogP contribution in [-0.4, -0.2) is 18.5 Å². The molecule has 0 amide bonds. The third-order valence-electron chi connectivity index (χ3n) is 1.90. The van der Waals surface area contributed by atoms with Crippen molar-refractivity contribution in [2.24, 2.45) is 0 Å². The smallest absolute Gasteiger partial charge is 0.381 e. The van der Waals surface area contributed by atoms with Gasteiger partial charge in [-0.3, -0.25) is 0 Å². The number of halogens is 3. The molecule has 0 aliphatic carbocycles. The monoisotopic (exact) mass is 260 g/mol. The fourth-order valence-electron chi connectivity index (χ4n) is 1.07. The highest BCUT2D eigenvalue weighted by Crippen LogP contribution is 2.19. The summed E-state index contributed by atoms with van der Waals surface area (Å²) in [5.41, 5.74) is 0.526. The summed E-state index contributed by atoms with van der Waals surface area (Å²) in [5.74, 6) is -5.17. The van der Waals surface area contributed by atoms with Crippen molar-refractivity contribution < 1.29 is 18.3 Å². The Labute approximate surface area is 103 Å². The second kappa shape index (κ2) is 5.77. The summed E-state index contributed by atoms with van der Waals surface area (Å²) in [6.07, 6.45) is 1.65. The minimum absolute atomic E-state index is 0.0802. The summed E-state index contributed by atoms with van der Waals surface area (Å²) < 4.78 is 30.6. The van der Waals surface area contributed by atoms with Crippen LogP contribution >= 0.6 is 11.6 Å². The van der Waals surface area contributed by atoms with Gasteiger partial charge in [-0.2, -0.15) is 8.78 Å². The highest BCUT2D eigenvalue weighted by molar-refractivity contribution is 6.30. The van der Waals surface area contributed by atoms with Gasteiger partial charge in [-0.05, 0) is 30.7 Å². The van der Waals surface area contributed by atoms with Gasteiger partial charge in [0.25, 0.3) is 0 Å². The predicted molar refractivity (Wildman–Crippen MR) is 62.1 cm³/mol. The van der Waals surface area contributed by atoms with Crippen LogP contribution in [0, 0.1) is 0 Å². The van der Waals surface area contributed by atoms with E-state index >= 15 is 0 Å². The van der Waals surface area contributed by atoms with Crippen LogP contribution in [0.1, 0.15) is 12.5 Å². The molecule has 92 valence electrons. The SMILES string of the molecule is CCOC(=O)C(F)(F)/C=C\c1ccc(Cl)cc1. The molecule has 0 fully saturated rings. The van der Waals surface area contributed by atoms with Crippen molar-refractivity contribution in [3.05, 3.63) is 40.9 Å². The quantitative estimate of drug-likeness (QED) is 0.774. The Morgan fingerprint density at radius 3 is 2.53 bits per heavy atom. The molecule has 0 radical (unpaired) electrons. The molecule has 0 unspecified atom stereocenters. The molecule has 0 saturated carbocycles. The van der Waals surface area contributed by atoms with Crippen molar-refractivity contribution in [2.45, 2.75) is 12.8 Å². The summed E-state index contributed by atoms with van der Waals surface area (Å²) in [6, 6.07) is 6.29. The fourth-order valence-corrected chi connectivity index (χ4v) is 1.20. The van der Waals surface area contributed by atoms with Gasteiger partial charge in [-0.15, -0.1) is 0 Å². The minimum atomic E-state index is -3.62. The van der Waals surface area contributed by atoms with Gasteiger partial charge in [0.1, 0.15) is 0 Å². The second-order valence-electron chi connectivity index (χ2n) is 3.23. The molecule has 0 bridgehead atoms. The highest BCUT2D eigenvalue weighted by atomic mass is 35.5. The van der Waals surface area contributed by atoms with E-state index in [9.17, 15) is 13.6 Å². The van der Waals surface area contributed by atoms with E-state index in [1.54, 1.807) is 24.3 Å². The lowest BCUT2D eigenvalue weighted by atomic mass is 10.2. The molecule has 0 aliphatic rings. The predicted octanol–water partition coefficient (Wildman–Crippen LogP) is 3.55. The zero-order valence-electron chi connectivity index (χ0n) is 9.12. The van der Waals surface area contributed by atoms with E-state index < -0.39 is 11.9 Å². The molecule has 0 spiro atoms. The lowest BCUT2D eigenvalue weighted by molar-refractivity contribution is -0.164. The number of ether oxygens (including phenoxy) is 1. The van der Waals surface area contributed by atoms with Crippen molar-refractivity contribution in [2.75, 3.05) is 6.61 Å². The summed E-state index contributed by atoms with van der Waals surface area (Å²) in [7, 11) is 0. The van der Waals surface area contributed by atoms with Crippen molar-refractivity contribution in [1.82, 2.24) is 0 Å². The normalized spacial score (nSPS) is 11.8. The first-order chi connectivity index (χ1) is 7.95. The zero-order valence-corrected chi connectivity index (χ0v) is 9.88. The van der Waals surface area contributed by atoms with Crippen molar-refractivity contribution in [1.29, 1.82) is 0 Å². The van der Waals surface area contributed by atoms with Crippen LogP contribution in [0.2, 0.25) is 5.02 Å². The van der Waals surface area contributed by atoms with E-state index in [0.717, 1.165) is 6.08 Å². The minimum Gasteiger partial charge on any atom is -0.461 e. The third-order valence-corrected chi connectivity index (χ3v) is 2.15. The molecule has 1 rings (SSSR count). The summed E-state index contributed by atoms with van der Waals surface area (Å²) >= 11 is 5.65. The molecule has 1 aromatic carbocycles. The number of rotatable bonds is 4. The average Bonchev–Trinajstić information content (AvgIpc) is 2.29. The van der Waals surface area contributed by atoms with Gasteiger partial charge in [-0.25, -0.2) is 4.79 Å². The van der Waals surface area contributed by atoms with Crippen molar-refractivity contribution in [3.8, 4) is 0 Å². The standard InChI is InChI=1S/C12H11ClF2O2/c1-2-17-11(16)12(14,15)8-7-9-3-5-10(13)6-4-9/h3-8H,2H2,1H3/b8-7-. The van der Waals surface area contributed by atoms with Crippen LogP contribution in [0.5, 0.6) is 0 Å². The Hall–Kier alpha value is -1.42. The van der Waals surface area contributed by atoms with E-state index in [2.05, 4.69) is 4.74 Å².